The van der Waals surface area contributed by atoms with Gasteiger partial charge in [-0.1, -0.05) is 6.92 Å². The lowest BCUT2D eigenvalue weighted by atomic mass is 10.3. The topological polar surface area (TPSA) is 73.0 Å². The van der Waals surface area contributed by atoms with Crippen LogP contribution in [-0.2, 0) is 6.54 Å². The monoisotopic (exact) mass is 260 g/mol. The van der Waals surface area contributed by atoms with Crippen LogP contribution in [0.5, 0.6) is 0 Å². The minimum Gasteiger partial charge on any atom is -0.313 e. The number of rotatable bonds is 6. The standard InChI is InChI=1S/C13H16N4O2/c1-2-7-14-8-11-9-15-16(10-11)12-3-5-13(6-4-12)17(18)19/h3-6,9-10,14H,2,7-8H2,1H3. The maximum Gasteiger partial charge on any atom is 0.269 e. The zero-order valence-electron chi connectivity index (χ0n) is 10.7. The fraction of sp³-hybridized carbons (Fsp3) is 0.308. The third kappa shape index (κ3) is 3.38. The predicted molar refractivity (Wildman–Crippen MR) is 72.2 cm³/mol. The van der Waals surface area contributed by atoms with E-state index in [0.29, 0.717) is 0 Å². The quantitative estimate of drug-likeness (QED) is 0.491. The number of non-ortho nitro benzene ring substituents is 1. The zero-order chi connectivity index (χ0) is 13.7. The van der Waals surface area contributed by atoms with Gasteiger partial charge in [0.05, 0.1) is 16.8 Å². The Morgan fingerprint density at radius 3 is 2.74 bits per heavy atom. The molecule has 0 saturated carbocycles. The normalized spacial score (nSPS) is 10.6. The van der Waals surface area contributed by atoms with E-state index < -0.39 is 4.92 Å². The van der Waals surface area contributed by atoms with Gasteiger partial charge in [-0.15, -0.1) is 0 Å². The fourth-order valence-corrected chi connectivity index (χ4v) is 1.73. The highest BCUT2D eigenvalue weighted by atomic mass is 16.6. The number of hydrogen-bond acceptors (Lipinski definition) is 4. The van der Waals surface area contributed by atoms with Gasteiger partial charge in [0.25, 0.3) is 5.69 Å². The van der Waals surface area contributed by atoms with Gasteiger partial charge in [0.2, 0.25) is 0 Å². The van der Waals surface area contributed by atoms with Gasteiger partial charge in [-0.3, -0.25) is 10.1 Å². The maximum atomic E-state index is 10.6. The van der Waals surface area contributed by atoms with Crippen molar-refractivity contribution >= 4 is 5.69 Å². The van der Waals surface area contributed by atoms with Crippen LogP contribution in [0.4, 0.5) is 5.69 Å². The van der Waals surface area contributed by atoms with E-state index in [-0.39, 0.29) is 5.69 Å². The maximum absolute atomic E-state index is 10.6. The smallest absolute Gasteiger partial charge is 0.269 e. The van der Waals surface area contributed by atoms with Crippen LogP contribution in [0.2, 0.25) is 0 Å². The van der Waals surface area contributed by atoms with Gasteiger partial charge < -0.3 is 5.32 Å². The van der Waals surface area contributed by atoms with Crippen LogP contribution in [0.25, 0.3) is 5.69 Å². The molecule has 0 fully saturated rings. The summed E-state index contributed by atoms with van der Waals surface area (Å²) in [5, 5.41) is 18.1. The molecule has 0 radical (unpaired) electrons. The Balaban J connectivity index is 2.07. The molecule has 6 heteroatoms. The van der Waals surface area contributed by atoms with Crippen molar-refractivity contribution in [2.75, 3.05) is 6.54 Å². The second-order valence-electron chi connectivity index (χ2n) is 4.24. The predicted octanol–water partition coefficient (Wildman–Crippen LogP) is 2.28. The lowest BCUT2D eigenvalue weighted by Gasteiger charge is -2.01. The molecule has 0 saturated heterocycles. The summed E-state index contributed by atoms with van der Waals surface area (Å²) < 4.78 is 1.71. The average molecular weight is 260 g/mol. The first-order valence-electron chi connectivity index (χ1n) is 6.20. The van der Waals surface area contributed by atoms with Gasteiger partial charge in [-0.2, -0.15) is 5.10 Å². The minimum atomic E-state index is -0.410. The highest BCUT2D eigenvalue weighted by Gasteiger charge is 2.06. The molecule has 0 aliphatic carbocycles. The van der Waals surface area contributed by atoms with E-state index in [9.17, 15) is 10.1 Å². The molecule has 6 nitrogen and oxygen atoms in total. The van der Waals surface area contributed by atoms with Gasteiger partial charge in [-0.25, -0.2) is 4.68 Å². The van der Waals surface area contributed by atoms with E-state index in [1.807, 2.05) is 6.20 Å². The molecule has 19 heavy (non-hydrogen) atoms. The van der Waals surface area contributed by atoms with Crippen LogP contribution in [0.3, 0.4) is 0 Å². The molecule has 0 aliphatic rings. The first-order chi connectivity index (χ1) is 9.20. The van der Waals surface area contributed by atoms with E-state index in [2.05, 4.69) is 17.3 Å². The minimum absolute atomic E-state index is 0.0840. The highest BCUT2D eigenvalue weighted by Crippen LogP contribution is 2.15. The number of aromatic nitrogens is 2. The molecule has 1 aromatic heterocycles. The Morgan fingerprint density at radius 1 is 1.37 bits per heavy atom. The summed E-state index contributed by atoms with van der Waals surface area (Å²) in [5.74, 6) is 0. The average Bonchev–Trinajstić information content (AvgIpc) is 2.88. The third-order valence-electron chi connectivity index (χ3n) is 2.72. The van der Waals surface area contributed by atoms with Gasteiger partial charge in [0, 0.05) is 30.4 Å². The van der Waals surface area contributed by atoms with Crippen molar-refractivity contribution in [1.29, 1.82) is 0 Å². The van der Waals surface area contributed by atoms with Crippen molar-refractivity contribution in [2.24, 2.45) is 0 Å². The molecule has 100 valence electrons. The molecule has 2 aromatic rings. The van der Waals surface area contributed by atoms with Crippen molar-refractivity contribution in [3.63, 3.8) is 0 Å². The summed E-state index contributed by atoms with van der Waals surface area (Å²) in [5.41, 5.74) is 1.99. The summed E-state index contributed by atoms with van der Waals surface area (Å²) in [6, 6.07) is 6.33. The number of hydrogen-bond donors (Lipinski definition) is 1. The Labute approximate surface area is 111 Å². The van der Waals surface area contributed by atoms with Crippen LogP contribution in [0.1, 0.15) is 18.9 Å². The second kappa shape index (κ2) is 6.10. The van der Waals surface area contributed by atoms with E-state index in [1.54, 1.807) is 23.0 Å². The number of nitrogens with one attached hydrogen (secondary N) is 1. The summed E-state index contributed by atoms with van der Waals surface area (Å²) in [4.78, 5) is 10.2. The van der Waals surface area contributed by atoms with Crippen LogP contribution in [-0.4, -0.2) is 21.2 Å². The lowest BCUT2D eigenvalue weighted by molar-refractivity contribution is -0.384. The van der Waals surface area contributed by atoms with Gasteiger partial charge in [0.1, 0.15) is 0 Å². The summed E-state index contributed by atoms with van der Waals surface area (Å²) in [6.07, 6.45) is 4.81. The summed E-state index contributed by atoms with van der Waals surface area (Å²) in [6.45, 7) is 3.87. The van der Waals surface area contributed by atoms with Gasteiger partial charge in [-0.05, 0) is 25.1 Å². The molecule has 1 N–H and O–H groups in total. The van der Waals surface area contributed by atoms with Crippen molar-refractivity contribution < 1.29 is 4.92 Å². The Morgan fingerprint density at radius 2 is 2.11 bits per heavy atom. The largest absolute Gasteiger partial charge is 0.313 e. The van der Waals surface area contributed by atoms with Crippen LogP contribution in [0, 0.1) is 10.1 Å². The molecule has 1 aromatic carbocycles. The first-order valence-corrected chi connectivity index (χ1v) is 6.20. The Bertz CT molecular complexity index is 548. The highest BCUT2D eigenvalue weighted by molar-refractivity contribution is 5.40. The lowest BCUT2D eigenvalue weighted by Crippen LogP contribution is -2.13. The SMILES string of the molecule is CCCNCc1cnn(-c2ccc([N+](=O)[O-])cc2)c1. The molecular weight excluding hydrogens is 244 g/mol. The van der Waals surface area contributed by atoms with E-state index in [1.165, 1.54) is 12.1 Å². The van der Waals surface area contributed by atoms with Crippen LogP contribution >= 0.6 is 0 Å². The third-order valence-corrected chi connectivity index (χ3v) is 2.72. The van der Waals surface area contributed by atoms with E-state index in [0.717, 1.165) is 30.8 Å². The number of nitrogens with zero attached hydrogens (tertiary/aromatic N) is 3. The Hall–Kier alpha value is -2.21. The van der Waals surface area contributed by atoms with Gasteiger partial charge >= 0.3 is 0 Å². The van der Waals surface area contributed by atoms with Crippen LogP contribution < -0.4 is 5.32 Å². The summed E-state index contributed by atoms with van der Waals surface area (Å²) in [7, 11) is 0. The molecular formula is C13H16N4O2. The van der Waals surface area contributed by atoms with Crippen molar-refractivity contribution in [3.05, 3.63) is 52.3 Å². The number of nitro groups is 1. The van der Waals surface area contributed by atoms with Gasteiger partial charge in [0.15, 0.2) is 0 Å². The van der Waals surface area contributed by atoms with Crippen molar-refractivity contribution in [2.45, 2.75) is 19.9 Å². The molecule has 0 spiro atoms. The molecule has 2 rings (SSSR count). The zero-order valence-corrected chi connectivity index (χ0v) is 10.7. The van der Waals surface area contributed by atoms with Crippen LogP contribution in [0.15, 0.2) is 36.7 Å². The Kier molecular flexibility index (Phi) is 4.25. The fourth-order valence-electron chi connectivity index (χ4n) is 1.73. The number of benzene rings is 1. The second-order valence-corrected chi connectivity index (χ2v) is 4.24. The molecule has 0 amide bonds. The summed E-state index contributed by atoms with van der Waals surface area (Å²) >= 11 is 0. The molecule has 0 unspecified atom stereocenters. The van der Waals surface area contributed by atoms with Crippen molar-refractivity contribution in [1.82, 2.24) is 15.1 Å². The van der Waals surface area contributed by atoms with E-state index >= 15 is 0 Å². The van der Waals surface area contributed by atoms with E-state index in [4.69, 9.17) is 0 Å². The number of nitro benzene ring substituents is 1. The molecule has 0 bridgehead atoms. The molecule has 0 aliphatic heterocycles. The van der Waals surface area contributed by atoms with Crippen molar-refractivity contribution in [3.8, 4) is 5.69 Å². The molecule has 1 heterocycles. The molecule has 0 atom stereocenters. The first kappa shape index (κ1) is 13.2.